The quantitative estimate of drug-likeness (QED) is 0.764. The molecular formula is C21H28N2O2S. The minimum absolute atomic E-state index is 0.113. The average Bonchev–Trinajstić information content (AvgIpc) is 2.97. The van der Waals surface area contributed by atoms with E-state index in [1.165, 1.54) is 11.3 Å². The van der Waals surface area contributed by atoms with Crippen molar-refractivity contribution >= 4 is 27.9 Å². The van der Waals surface area contributed by atoms with Gasteiger partial charge in [0.15, 0.2) is 0 Å². The Labute approximate surface area is 159 Å². The molecule has 140 valence electrons. The molecule has 1 aliphatic carbocycles. The molecule has 0 fully saturated rings. The lowest BCUT2D eigenvalue weighted by molar-refractivity contribution is 0.102. The number of methoxy groups -OCH3 is 1. The van der Waals surface area contributed by atoms with Crippen LogP contribution in [0.5, 0.6) is 5.75 Å². The summed E-state index contributed by atoms with van der Waals surface area (Å²) in [7, 11) is 1.62. The number of rotatable bonds is 5. The average molecular weight is 373 g/mol. The molecule has 5 heteroatoms. The number of fused-ring (bicyclic) bond motifs is 1. The summed E-state index contributed by atoms with van der Waals surface area (Å²) < 4.78 is 5.16. The zero-order valence-electron chi connectivity index (χ0n) is 16.0. The molecule has 3 rings (SSSR count). The number of carbonyl (C=O) groups excluding carboxylic acids is 1. The molecule has 1 amide bonds. The van der Waals surface area contributed by atoms with E-state index in [1.54, 1.807) is 18.4 Å². The number of amides is 1. The van der Waals surface area contributed by atoms with Gasteiger partial charge in [0.2, 0.25) is 0 Å². The van der Waals surface area contributed by atoms with Crippen LogP contribution in [0.25, 0.3) is 0 Å². The predicted molar refractivity (Wildman–Crippen MR) is 109 cm³/mol. The highest BCUT2D eigenvalue weighted by molar-refractivity contribution is 7.16. The van der Waals surface area contributed by atoms with Crippen LogP contribution in [0.15, 0.2) is 24.3 Å². The Morgan fingerprint density at radius 1 is 1.35 bits per heavy atom. The van der Waals surface area contributed by atoms with E-state index in [2.05, 4.69) is 26.1 Å². The molecule has 1 aliphatic rings. The van der Waals surface area contributed by atoms with Gasteiger partial charge in [0, 0.05) is 10.6 Å². The summed E-state index contributed by atoms with van der Waals surface area (Å²) in [5.41, 5.74) is 9.14. The number of thiophene rings is 1. The first-order valence-electron chi connectivity index (χ1n) is 9.21. The molecule has 3 N–H and O–H groups in total. The summed E-state index contributed by atoms with van der Waals surface area (Å²) in [4.78, 5) is 14.1. The van der Waals surface area contributed by atoms with Crippen LogP contribution < -0.4 is 15.8 Å². The summed E-state index contributed by atoms with van der Waals surface area (Å²) in [6.45, 7) is 6.94. The highest BCUT2D eigenvalue weighted by atomic mass is 32.1. The van der Waals surface area contributed by atoms with Crippen LogP contribution in [0.4, 0.5) is 10.7 Å². The van der Waals surface area contributed by atoms with E-state index in [0.29, 0.717) is 21.9 Å². The van der Waals surface area contributed by atoms with E-state index >= 15 is 0 Å². The maximum absolute atomic E-state index is 12.8. The van der Waals surface area contributed by atoms with Gasteiger partial charge in [-0.25, -0.2) is 0 Å². The molecule has 0 spiro atoms. The minimum Gasteiger partial charge on any atom is -0.497 e. The second-order valence-corrected chi connectivity index (χ2v) is 8.84. The molecule has 1 aromatic carbocycles. The molecule has 0 saturated heterocycles. The number of benzene rings is 1. The molecule has 1 aromatic heterocycles. The van der Waals surface area contributed by atoms with Crippen LogP contribution in [0, 0.1) is 11.3 Å². The minimum atomic E-state index is -0.113. The molecule has 0 saturated carbocycles. The first kappa shape index (κ1) is 18.8. The highest BCUT2D eigenvalue weighted by Crippen LogP contribution is 2.44. The molecule has 0 radical (unpaired) electrons. The third-order valence-corrected chi connectivity index (χ3v) is 6.97. The number of anilines is 2. The molecule has 0 aliphatic heterocycles. The van der Waals surface area contributed by atoms with Crippen LogP contribution in [-0.2, 0) is 12.8 Å². The van der Waals surface area contributed by atoms with Gasteiger partial charge in [-0.1, -0.05) is 27.2 Å². The first-order valence-corrected chi connectivity index (χ1v) is 10.0. The number of carbonyl (C=O) groups is 1. The topological polar surface area (TPSA) is 64.4 Å². The van der Waals surface area contributed by atoms with E-state index < -0.39 is 0 Å². The Morgan fingerprint density at radius 2 is 2.04 bits per heavy atom. The summed E-state index contributed by atoms with van der Waals surface area (Å²) in [5.74, 6) is 1.30. The third kappa shape index (κ3) is 3.58. The van der Waals surface area contributed by atoms with E-state index in [0.717, 1.165) is 36.3 Å². The van der Waals surface area contributed by atoms with Crippen LogP contribution in [0.1, 0.15) is 54.4 Å². The fourth-order valence-corrected chi connectivity index (χ4v) is 4.88. The maximum atomic E-state index is 12.8. The number of nitrogen functional groups attached to an aromatic ring is 1. The normalized spacial score (nSPS) is 16.8. The van der Waals surface area contributed by atoms with Gasteiger partial charge in [-0.2, -0.15) is 0 Å². The smallest absolute Gasteiger partial charge is 0.258 e. The molecule has 0 unspecified atom stereocenters. The van der Waals surface area contributed by atoms with Gasteiger partial charge in [0.25, 0.3) is 5.91 Å². The third-order valence-electron chi connectivity index (χ3n) is 5.88. The van der Waals surface area contributed by atoms with Crippen LogP contribution >= 0.6 is 11.3 Å². The fraction of sp³-hybridized carbons (Fsp3) is 0.476. The molecule has 2 aromatic rings. The number of nitrogens with two attached hydrogens (primary N) is 1. The van der Waals surface area contributed by atoms with Crippen molar-refractivity contribution in [3.05, 3.63) is 40.3 Å². The van der Waals surface area contributed by atoms with E-state index in [9.17, 15) is 4.79 Å². The summed E-state index contributed by atoms with van der Waals surface area (Å²) >= 11 is 1.59. The Hall–Kier alpha value is -2.01. The lowest BCUT2D eigenvalue weighted by Gasteiger charge is -2.36. The van der Waals surface area contributed by atoms with Crippen molar-refractivity contribution in [2.24, 2.45) is 11.3 Å². The molecule has 26 heavy (non-hydrogen) atoms. The van der Waals surface area contributed by atoms with Gasteiger partial charge in [-0.15, -0.1) is 11.3 Å². The van der Waals surface area contributed by atoms with Crippen LogP contribution in [0.3, 0.4) is 0 Å². The van der Waals surface area contributed by atoms with Gasteiger partial charge < -0.3 is 15.8 Å². The van der Waals surface area contributed by atoms with E-state index in [4.69, 9.17) is 10.5 Å². The summed E-state index contributed by atoms with van der Waals surface area (Å²) in [5, 5.41) is 3.61. The SMILES string of the molecule is CCC(C)(C)[C@H]1CCc2c(sc(N)c2C(=O)Nc2ccc(OC)cc2)C1. The van der Waals surface area contributed by atoms with Crippen molar-refractivity contribution in [2.75, 3.05) is 18.2 Å². The van der Waals surface area contributed by atoms with Gasteiger partial charge in [0.05, 0.1) is 17.7 Å². The second kappa shape index (κ2) is 7.31. The molecular weight excluding hydrogens is 344 g/mol. The monoisotopic (exact) mass is 372 g/mol. The largest absolute Gasteiger partial charge is 0.497 e. The Balaban J connectivity index is 1.80. The van der Waals surface area contributed by atoms with Crippen molar-refractivity contribution in [3.8, 4) is 5.75 Å². The lowest BCUT2D eigenvalue weighted by atomic mass is 9.69. The fourth-order valence-electron chi connectivity index (χ4n) is 3.68. The van der Waals surface area contributed by atoms with Crippen molar-refractivity contribution in [1.29, 1.82) is 0 Å². The zero-order chi connectivity index (χ0) is 18.9. The van der Waals surface area contributed by atoms with Crippen molar-refractivity contribution in [3.63, 3.8) is 0 Å². The first-order chi connectivity index (χ1) is 12.4. The lowest BCUT2D eigenvalue weighted by Crippen LogP contribution is -2.29. The van der Waals surface area contributed by atoms with Crippen LogP contribution in [0.2, 0.25) is 0 Å². The van der Waals surface area contributed by atoms with E-state index in [1.807, 2.05) is 24.3 Å². The molecule has 1 heterocycles. The summed E-state index contributed by atoms with van der Waals surface area (Å²) in [6, 6.07) is 7.34. The maximum Gasteiger partial charge on any atom is 0.258 e. The molecule has 4 nitrogen and oxygen atoms in total. The Kier molecular flexibility index (Phi) is 5.28. The van der Waals surface area contributed by atoms with Crippen molar-refractivity contribution in [1.82, 2.24) is 0 Å². The second-order valence-electron chi connectivity index (χ2n) is 7.71. The van der Waals surface area contributed by atoms with Crippen LogP contribution in [-0.4, -0.2) is 13.0 Å². The van der Waals surface area contributed by atoms with Gasteiger partial charge in [-0.05, 0) is 60.4 Å². The number of ether oxygens (including phenoxy) is 1. The number of hydrogen-bond acceptors (Lipinski definition) is 4. The van der Waals surface area contributed by atoms with Gasteiger partial charge in [0.1, 0.15) is 5.75 Å². The zero-order valence-corrected chi connectivity index (χ0v) is 16.8. The highest BCUT2D eigenvalue weighted by Gasteiger charge is 2.34. The summed E-state index contributed by atoms with van der Waals surface area (Å²) in [6.07, 6.45) is 4.24. The van der Waals surface area contributed by atoms with Crippen molar-refractivity contribution < 1.29 is 9.53 Å². The Morgan fingerprint density at radius 3 is 2.65 bits per heavy atom. The molecule has 0 bridgehead atoms. The van der Waals surface area contributed by atoms with Crippen molar-refractivity contribution in [2.45, 2.75) is 46.5 Å². The standard InChI is InChI=1S/C21H28N2O2S/c1-5-21(2,3)13-6-11-16-17(12-13)26-19(22)18(16)20(24)23-14-7-9-15(25-4)10-8-14/h7-10,13H,5-6,11-12,22H2,1-4H3,(H,23,24)/t13-/m0/s1. The predicted octanol–water partition coefficient (Wildman–Crippen LogP) is 5.13. The number of nitrogens with one attached hydrogen (secondary N) is 1. The molecule has 1 atom stereocenters. The van der Waals surface area contributed by atoms with Gasteiger partial charge >= 0.3 is 0 Å². The Bertz CT molecular complexity index is 793. The van der Waals surface area contributed by atoms with Gasteiger partial charge in [-0.3, -0.25) is 4.79 Å². The number of hydrogen-bond donors (Lipinski definition) is 2. The van der Waals surface area contributed by atoms with E-state index in [-0.39, 0.29) is 5.91 Å².